The summed E-state index contributed by atoms with van der Waals surface area (Å²) in [6.45, 7) is 3.92. The van der Waals surface area contributed by atoms with Crippen LogP contribution in [-0.4, -0.2) is 37.2 Å². The third-order valence-electron chi connectivity index (χ3n) is 4.40. The first kappa shape index (κ1) is 21.9. The predicted molar refractivity (Wildman–Crippen MR) is 120 cm³/mol. The van der Waals surface area contributed by atoms with Gasteiger partial charge in [0.1, 0.15) is 10.2 Å². The molecular formula is C18H24Cl2FN5S2. The number of hydrogen-bond acceptors (Lipinski definition) is 7. The second-order valence-electron chi connectivity index (χ2n) is 6.57. The molecule has 4 N–H and O–H groups in total. The van der Waals surface area contributed by atoms with Crippen molar-refractivity contribution in [3.05, 3.63) is 33.5 Å². The monoisotopic (exact) mass is 463 g/mol. The third kappa shape index (κ3) is 6.93. The maximum Gasteiger partial charge on any atom is 0.194 e. The van der Waals surface area contributed by atoms with Crippen molar-refractivity contribution in [3.63, 3.8) is 0 Å². The number of halogens is 3. The van der Waals surface area contributed by atoms with E-state index in [0.717, 1.165) is 51.0 Å². The molecule has 28 heavy (non-hydrogen) atoms. The van der Waals surface area contributed by atoms with Gasteiger partial charge in [-0.15, -0.1) is 0 Å². The van der Waals surface area contributed by atoms with Crippen LogP contribution in [0.3, 0.4) is 0 Å². The average Bonchev–Trinajstić information content (AvgIpc) is 3.33. The number of nitrogens with zero attached hydrogens (tertiary/aromatic N) is 1. The third-order valence-corrected chi connectivity index (χ3v) is 6.70. The van der Waals surface area contributed by atoms with E-state index in [2.05, 4.69) is 25.7 Å². The highest BCUT2D eigenvalue weighted by atomic mass is 35.5. The number of anilines is 2. The molecule has 0 radical (unpaired) electrons. The summed E-state index contributed by atoms with van der Waals surface area (Å²) in [4.78, 5) is 4.48. The first-order chi connectivity index (χ1) is 13.6. The van der Waals surface area contributed by atoms with Crippen molar-refractivity contribution in [1.82, 2.24) is 15.6 Å². The van der Waals surface area contributed by atoms with Gasteiger partial charge in [0.05, 0.1) is 21.8 Å². The smallest absolute Gasteiger partial charge is 0.194 e. The summed E-state index contributed by atoms with van der Waals surface area (Å²) in [7, 11) is 0. The quantitative estimate of drug-likeness (QED) is 0.270. The molecule has 0 saturated carbocycles. The molecule has 1 saturated heterocycles. The average molecular weight is 464 g/mol. The van der Waals surface area contributed by atoms with Crippen LogP contribution in [0, 0.1) is 5.82 Å². The fourth-order valence-corrected chi connectivity index (χ4v) is 4.78. The lowest BCUT2D eigenvalue weighted by molar-refractivity contribution is 0.526. The molecule has 10 heteroatoms. The highest BCUT2D eigenvalue weighted by Gasteiger charge is 2.13. The van der Waals surface area contributed by atoms with E-state index in [1.54, 1.807) is 12.3 Å². The molecule has 1 aromatic heterocycles. The van der Waals surface area contributed by atoms with Gasteiger partial charge in [0.15, 0.2) is 5.13 Å². The summed E-state index contributed by atoms with van der Waals surface area (Å²) in [6.07, 6.45) is 6.15. The van der Waals surface area contributed by atoms with Crippen molar-refractivity contribution in [1.29, 1.82) is 0 Å². The Bertz CT molecular complexity index is 756. The Kier molecular flexibility index (Phi) is 8.95. The van der Waals surface area contributed by atoms with Crippen molar-refractivity contribution < 1.29 is 4.39 Å². The van der Waals surface area contributed by atoms with Crippen LogP contribution >= 0.6 is 46.5 Å². The van der Waals surface area contributed by atoms with Crippen LogP contribution in [0.4, 0.5) is 15.2 Å². The predicted octanol–water partition coefficient (Wildman–Crippen LogP) is 5.24. The second-order valence-corrected chi connectivity index (χ2v) is 9.48. The van der Waals surface area contributed by atoms with Gasteiger partial charge in [-0.1, -0.05) is 34.5 Å². The summed E-state index contributed by atoms with van der Waals surface area (Å²) in [5, 5.41) is 11.3. The molecule has 0 amide bonds. The van der Waals surface area contributed by atoms with Crippen molar-refractivity contribution in [2.75, 3.05) is 36.2 Å². The molecule has 154 valence electrons. The fraction of sp³-hybridized carbons (Fsp3) is 0.500. The Labute approximate surface area is 183 Å². The molecule has 1 aliphatic heterocycles. The summed E-state index contributed by atoms with van der Waals surface area (Å²) < 4.78 is 17.9. The first-order valence-corrected chi connectivity index (χ1v) is 11.7. The molecule has 1 aromatic carbocycles. The highest BCUT2D eigenvalue weighted by Crippen LogP contribution is 2.33. The number of hydrogen-bond donors (Lipinski definition) is 4. The number of benzene rings is 1. The lowest BCUT2D eigenvalue weighted by Gasteiger charge is -2.12. The van der Waals surface area contributed by atoms with Gasteiger partial charge in [0.2, 0.25) is 0 Å². The second kappa shape index (κ2) is 11.4. The van der Waals surface area contributed by atoms with E-state index in [9.17, 15) is 4.39 Å². The van der Waals surface area contributed by atoms with Gasteiger partial charge in [-0.3, -0.25) is 0 Å². The Morgan fingerprint density at radius 3 is 2.89 bits per heavy atom. The van der Waals surface area contributed by atoms with Gasteiger partial charge in [-0.05, 0) is 62.9 Å². The molecule has 0 unspecified atom stereocenters. The minimum Gasteiger partial charge on any atom is -0.384 e. The molecule has 2 heterocycles. The summed E-state index contributed by atoms with van der Waals surface area (Å²) in [5.74, 6) is -0.335. The van der Waals surface area contributed by atoms with E-state index < -0.39 is 0 Å². The molecule has 1 aliphatic rings. The lowest BCUT2D eigenvalue weighted by Crippen LogP contribution is -2.34. The number of aromatic nitrogens is 1. The molecule has 0 aliphatic carbocycles. The van der Waals surface area contributed by atoms with Crippen LogP contribution in [0.5, 0.6) is 0 Å². The first-order valence-electron chi connectivity index (χ1n) is 9.33. The van der Waals surface area contributed by atoms with Crippen LogP contribution in [0.25, 0.3) is 0 Å². The van der Waals surface area contributed by atoms with Crippen LogP contribution in [0.2, 0.25) is 9.36 Å². The fourth-order valence-electron chi connectivity index (χ4n) is 2.95. The minimum absolute atomic E-state index is 0.335. The van der Waals surface area contributed by atoms with E-state index in [1.807, 2.05) is 0 Å². The highest BCUT2D eigenvalue weighted by molar-refractivity contribution is 8.00. The van der Waals surface area contributed by atoms with E-state index >= 15 is 0 Å². The topological polar surface area (TPSA) is 61.0 Å². The normalized spacial score (nSPS) is 16.5. The molecule has 1 atom stereocenters. The van der Waals surface area contributed by atoms with Gasteiger partial charge < -0.3 is 20.7 Å². The Balaban J connectivity index is 1.36. The van der Waals surface area contributed by atoms with Gasteiger partial charge in [0.25, 0.3) is 0 Å². The molecule has 0 bridgehead atoms. The zero-order valence-corrected chi connectivity index (χ0v) is 18.5. The largest absolute Gasteiger partial charge is 0.384 e. The summed E-state index contributed by atoms with van der Waals surface area (Å²) >= 11 is 14.5. The lowest BCUT2D eigenvalue weighted by atomic mass is 10.2. The van der Waals surface area contributed by atoms with Gasteiger partial charge in [0, 0.05) is 19.1 Å². The Morgan fingerprint density at radius 1 is 1.29 bits per heavy atom. The van der Waals surface area contributed by atoms with Gasteiger partial charge in [-0.25, -0.2) is 9.37 Å². The zero-order valence-electron chi connectivity index (χ0n) is 15.4. The van der Waals surface area contributed by atoms with Crippen molar-refractivity contribution in [3.8, 4) is 0 Å². The van der Waals surface area contributed by atoms with Crippen molar-refractivity contribution in [2.45, 2.75) is 36.6 Å². The van der Waals surface area contributed by atoms with E-state index in [4.69, 9.17) is 23.2 Å². The molecule has 3 rings (SSSR count). The standard InChI is InChI=1S/C18H24Cl2FN5S2/c19-13-8-16(28-26-18-25-11-17(20)27-18)14(21)9-15(13)24-6-2-1-5-22-10-12-4-3-7-23-12/h8-9,11-12,22-24H,1-7,10H2,(H,25,26)/t12-/m0/s1. The number of unbranched alkanes of at least 4 members (excludes halogenated alkanes) is 1. The Morgan fingerprint density at radius 2 is 2.14 bits per heavy atom. The van der Waals surface area contributed by atoms with E-state index in [-0.39, 0.29) is 5.82 Å². The molecule has 2 aromatic rings. The Hall–Kier alpha value is -0.770. The van der Waals surface area contributed by atoms with Crippen molar-refractivity contribution in [2.24, 2.45) is 0 Å². The SMILES string of the molecule is Fc1cc(NCCCCNC[C@@H]2CCCN2)c(Cl)cc1SNc1ncc(Cl)s1. The van der Waals surface area contributed by atoms with E-state index in [0.29, 0.717) is 31.1 Å². The van der Waals surface area contributed by atoms with Crippen LogP contribution in [0.15, 0.2) is 23.2 Å². The zero-order chi connectivity index (χ0) is 19.8. The number of rotatable bonds is 11. The van der Waals surface area contributed by atoms with E-state index in [1.165, 1.54) is 30.2 Å². The number of nitrogens with one attached hydrogen (secondary N) is 4. The number of thiazole rings is 1. The van der Waals surface area contributed by atoms with Gasteiger partial charge in [-0.2, -0.15) is 0 Å². The van der Waals surface area contributed by atoms with Crippen LogP contribution in [-0.2, 0) is 0 Å². The minimum atomic E-state index is -0.335. The van der Waals surface area contributed by atoms with Crippen LogP contribution in [0.1, 0.15) is 25.7 Å². The summed E-state index contributed by atoms with van der Waals surface area (Å²) in [5.41, 5.74) is 0.615. The maximum absolute atomic E-state index is 14.3. The van der Waals surface area contributed by atoms with Gasteiger partial charge >= 0.3 is 0 Å². The molecule has 5 nitrogen and oxygen atoms in total. The molecule has 1 fully saturated rings. The molecular weight excluding hydrogens is 440 g/mol. The maximum atomic E-state index is 14.3. The molecule has 0 spiro atoms. The van der Waals surface area contributed by atoms with Crippen LogP contribution < -0.4 is 20.7 Å². The summed E-state index contributed by atoms with van der Waals surface area (Å²) in [6, 6.07) is 3.67. The van der Waals surface area contributed by atoms with Crippen molar-refractivity contribution >= 4 is 57.3 Å².